The lowest BCUT2D eigenvalue weighted by Gasteiger charge is -2.30. The van der Waals surface area contributed by atoms with Gasteiger partial charge in [-0.1, -0.05) is 0 Å². The molecule has 2 aliphatic rings. The van der Waals surface area contributed by atoms with Crippen molar-refractivity contribution < 1.29 is 14.3 Å². The Labute approximate surface area is 131 Å². The predicted molar refractivity (Wildman–Crippen MR) is 84.0 cm³/mol. The normalized spacial score (nSPS) is 25.2. The van der Waals surface area contributed by atoms with Crippen molar-refractivity contribution >= 4 is 5.91 Å². The summed E-state index contributed by atoms with van der Waals surface area (Å²) in [5.74, 6) is 0.836. The third kappa shape index (κ3) is 3.78. The van der Waals surface area contributed by atoms with E-state index in [0.29, 0.717) is 18.7 Å². The van der Waals surface area contributed by atoms with Gasteiger partial charge in [0.15, 0.2) is 0 Å². The number of nitrogens with two attached hydrogens (primary N) is 1. The van der Waals surface area contributed by atoms with E-state index in [0.717, 1.165) is 44.6 Å². The Hall–Kier alpha value is -1.59. The second-order valence-corrected chi connectivity index (χ2v) is 6.12. The van der Waals surface area contributed by atoms with Crippen LogP contribution in [0.25, 0.3) is 0 Å². The highest BCUT2D eigenvalue weighted by Crippen LogP contribution is 2.18. The summed E-state index contributed by atoms with van der Waals surface area (Å²) < 4.78 is 11.2. The smallest absolute Gasteiger partial charge is 0.253 e. The van der Waals surface area contributed by atoms with Crippen LogP contribution in [0.3, 0.4) is 0 Å². The van der Waals surface area contributed by atoms with Gasteiger partial charge >= 0.3 is 0 Å². The van der Waals surface area contributed by atoms with E-state index in [1.165, 1.54) is 0 Å². The number of piperidine rings is 1. The number of benzene rings is 1. The lowest BCUT2D eigenvalue weighted by atomic mass is 10.1. The molecule has 5 nitrogen and oxygen atoms in total. The number of amides is 1. The summed E-state index contributed by atoms with van der Waals surface area (Å²) in [6, 6.07) is 7.46. The second-order valence-electron chi connectivity index (χ2n) is 6.12. The van der Waals surface area contributed by atoms with Crippen LogP contribution in [0.2, 0.25) is 0 Å². The van der Waals surface area contributed by atoms with E-state index >= 15 is 0 Å². The topological polar surface area (TPSA) is 64.8 Å². The minimum Gasteiger partial charge on any atom is -0.491 e. The molecule has 2 unspecified atom stereocenters. The molecule has 1 aromatic rings. The number of hydrogen-bond acceptors (Lipinski definition) is 4. The molecule has 120 valence electrons. The third-order valence-corrected chi connectivity index (χ3v) is 4.31. The van der Waals surface area contributed by atoms with Gasteiger partial charge in [0.1, 0.15) is 12.4 Å². The number of hydrogen-bond donors (Lipinski definition) is 1. The molecular formula is C17H24N2O3. The molecule has 1 amide bonds. The monoisotopic (exact) mass is 304 g/mol. The fraction of sp³-hybridized carbons (Fsp3) is 0.588. The van der Waals surface area contributed by atoms with E-state index in [1.807, 2.05) is 29.2 Å². The van der Waals surface area contributed by atoms with Crippen LogP contribution < -0.4 is 10.5 Å². The van der Waals surface area contributed by atoms with E-state index in [9.17, 15) is 4.79 Å². The van der Waals surface area contributed by atoms with Crippen molar-refractivity contribution in [1.29, 1.82) is 0 Å². The Morgan fingerprint density at radius 2 is 2.09 bits per heavy atom. The number of rotatable bonds is 4. The molecule has 2 N–H and O–H groups in total. The van der Waals surface area contributed by atoms with Gasteiger partial charge in [0.25, 0.3) is 5.91 Å². The van der Waals surface area contributed by atoms with Crippen LogP contribution in [0.4, 0.5) is 0 Å². The number of likely N-dealkylation sites (tertiary alicyclic amines) is 1. The molecule has 3 rings (SSSR count). The van der Waals surface area contributed by atoms with Gasteiger partial charge in [0, 0.05) is 31.3 Å². The van der Waals surface area contributed by atoms with E-state index in [-0.39, 0.29) is 18.1 Å². The minimum atomic E-state index is 0.0563. The van der Waals surface area contributed by atoms with Crippen LogP contribution in [0.15, 0.2) is 24.3 Å². The maximum Gasteiger partial charge on any atom is 0.253 e. The zero-order chi connectivity index (χ0) is 15.4. The van der Waals surface area contributed by atoms with Crippen molar-refractivity contribution in [3.05, 3.63) is 29.8 Å². The van der Waals surface area contributed by atoms with Crippen LogP contribution in [0.5, 0.6) is 5.75 Å². The molecule has 2 atom stereocenters. The van der Waals surface area contributed by atoms with Crippen LogP contribution in [0.1, 0.15) is 36.0 Å². The SMILES string of the molecule is NC1CCCN(C(=O)c2ccc(OCC3CCCO3)cc2)C1. The number of carbonyl (C=O) groups excluding carboxylic acids is 1. The maximum atomic E-state index is 12.4. The van der Waals surface area contributed by atoms with E-state index < -0.39 is 0 Å². The molecule has 0 spiro atoms. The summed E-state index contributed by atoms with van der Waals surface area (Å²) >= 11 is 0. The van der Waals surface area contributed by atoms with Crippen LogP contribution in [-0.4, -0.2) is 49.3 Å². The van der Waals surface area contributed by atoms with Crippen molar-refractivity contribution in [3.8, 4) is 5.75 Å². The Kier molecular flexibility index (Phi) is 4.95. The lowest BCUT2D eigenvalue weighted by Crippen LogP contribution is -2.45. The molecule has 2 heterocycles. The van der Waals surface area contributed by atoms with Gasteiger partial charge in [-0.25, -0.2) is 0 Å². The first-order chi connectivity index (χ1) is 10.7. The molecule has 1 aromatic carbocycles. The highest BCUT2D eigenvalue weighted by molar-refractivity contribution is 5.94. The van der Waals surface area contributed by atoms with Crippen LogP contribution >= 0.6 is 0 Å². The molecule has 2 fully saturated rings. The number of nitrogens with zero attached hydrogens (tertiary/aromatic N) is 1. The average Bonchev–Trinajstić information content (AvgIpc) is 3.06. The second kappa shape index (κ2) is 7.11. The van der Waals surface area contributed by atoms with E-state index in [1.54, 1.807) is 0 Å². The Morgan fingerprint density at radius 3 is 2.77 bits per heavy atom. The minimum absolute atomic E-state index is 0.0563. The Morgan fingerprint density at radius 1 is 1.27 bits per heavy atom. The van der Waals surface area contributed by atoms with Gasteiger partial charge in [0.2, 0.25) is 0 Å². The molecule has 2 saturated heterocycles. The molecule has 0 aromatic heterocycles. The molecule has 0 radical (unpaired) electrons. The lowest BCUT2D eigenvalue weighted by molar-refractivity contribution is 0.0677. The molecule has 0 bridgehead atoms. The summed E-state index contributed by atoms with van der Waals surface area (Å²) in [7, 11) is 0. The molecule has 22 heavy (non-hydrogen) atoms. The average molecular weight is 304 g/mol. The van der Waals surface area contributed by atoms with Gasteiger partial charge in [0.05, 0.1) is 6.10 Å². The van der Waals surface area contributed by atoms with Gasteiger partial charge in [-0.15, -0.1) is 0 Å². The van der Waals surface area contributed by atoms with Crippen LogP contribution in [0, 0.1) is 0 Å². The van der Waals surface area contributed by atoms with Gasteiger partial charge in [-0.05, 0) is 49.9 Å². The number of carbonyl (C=O) groups is 1. The molecule has 0 saturated carbocycles. The Balaban J connectivity index is 1.54. The van der Waals surface area contributed by atoms with Crippen molar-refractivity contribution in [3.63, 3.8) is 0 Å². The van der Waals surface area contributed by atoms with Gasteiger partial charge < -0.3 is 20.1 Å². The fourth-order valence-corrected chi connectivity index (χ4v) is 3.04. The first kappa shape index (κ1) is 15.3. The van der Waals surface area contributed by atoms with E-state index in [2.05, 4.69) is 0 Å². The van der Waals surface area contributed by atoms with Crippen LogP contribution in [-0.2, 0) is 4.74 Å². The van der Waals surface area contributed by atoms with Crippen molar-refractivity contribution in [1.82, 2.24) is 4.90 Å². The summed E-state index contributed by atoms with van der Waals surface area (Å²) in [6.07, 6.45) is 4.36. The largest absolute Gasteiger partial charge is 0.491 e. The van der Waals surface area contributed by atoms with Gasteiger partial charge in [-0.3, -0.25) is 4.79 Å². The summed E-state index contributed by atoms with van der Waals surface area (Å²) in [6.45, 7) is 2.85. The summed E-state index contributed by atoms with van der Waals surface area (Å²) in [5.41, 5.74) is 6.63. The third-order valence-electron chi connectivity index (χ3n) is 4.31. The molecule has 5 heteroatoms. The first-order valence-corrected chi connectivity index (χ1v) is 8.12. The maximum absolute atomic E-state index is 12.4. The summed E-state index contributed by atoms with van der Waals surface area (Å²) in [4.78, 5) is 14.3. The van der Waals surface area contributed by atoms with Gasteiger partial charge in [-0.2, -0.15) is 0 Å². The number of ether oxygens (including phenoxy) is 2. The predicted octanol–water partition coefficient (Wildman–Crippen LogP) is 1.81. The van der Waals surface area contributed by atoms with E-state index in [4.69, 9.17) is 15.2 Å². The van der Waals surface area contributed by atoms with Crippen molar-refractivity contribution in [2.45, 2.75) is 37.8 Å². The van der Waals surface area contributed by atoms with Crippen molar-refractivity contribution in [2.24, 2.45) is 5.73 Å². The zero-order valence-corrected chi connectivity index (χ0v) is 12.9. The summed E-state index contributed by atoms with van der Waals surface area (Å²) in [5, 5.41) is 0. The molecule has 0 aliphatic carbocycles. The molecule has 2 aliphatic heterocycles. The molecular weight excluding hydrogens is 280 g/mol. The standard InChI is InChI=1S/C17H24N2O3/c18-14-3-1-9-19(11-14)17(20)13-5-7-15(8-6-13)22-12-16-4-2-10-21-16/h5-8,14,16H,1-4,9-12,18H2. The highest BCUT2D eigenvalue weighted by atomic mass is 16.5. The first-order valence-electron chi connectivity index (χ1n) is 8.12. The van der Waals surface area contributed by atoms with Crippen molar-refractivity contribution in [2.75, 3.05) is 26.3 Å². The zero-order valence-electron chi connectivity index (χ0n) is 12.9. The Bertz CT molecular complexity index is 497. The highest BCUT2D eigenvalue weighted by Gasteiger charge is 2.22. The fourth-order valence-electron chi connectivity index (χ4n) is 3.04. The quantitative estimate of drug-likeness (QED) is 0.921.